The fourth-order valence-electron chi connectivity index (χ4n) is 0.546. The SMILES string of the molecule is C/C=C/CCC(=O)NOC. The van der Waals surface area contributed by atoms with Crippen LogP contribution in [0.25, 0.3) is 0 Å². The smallest absolute Gasteiger partial charge is 0.243 e. The molecule has 0 aliphatic carbocycles. The summed E-state index contributed by atoms with van der Waals surface area (Å²) in [6.07, 6.45) is 5.11. The van der Waals surface area contributed by atoms with Crippen LogP contribution in [-0.2, 0) is 9.63 Å². The third-order valence-electron chi connectivity index (χ3n) is 0.990. The molecule has 0 bridgehead atoms. The molecule has 0 aromatic heterocycles. The first-order valence-electron chi connectivity index (χ1n) is 3.24. The van der Waals surface area contributed by atoms with E-state index in [4.69, 9.17) is 0 Å². The van der Waals surface area contributed by atoms with Crippen molar-refractivity contribution >= 4 is 5.91 Å². The van der Waals surface area contributed by atoms with Crippen molar-refractivity contribution in [3.05, 3.63) is 12.2 Å². The lowest BCUT2D eigenvalue weighted by Gasteiger charge is -1.97. The van der Waals surface area contributed by atoms with E-state index in [0.717, 1.165) is 6.42 Å². The fraction of sp³-hybridized carbons (Fsp3) is 0.571. The summed E-state index contributed by atoms with van der Waals surface area (Å²) in [4.78, 5) is 15.1. The molecular formula is C7H13NO2. The minimum atomic E-state index is -0.0828. The number of nitrogens with one attached hydrogen (secondary N) is 1. The number of carbonyl (C=O) groups is 1. The summed E-state index contributed by atoms with van der Waals surface area (Å²) in [5.41, 5.74) is 2.23. The molecule has 3 heteroatoms. The highest BCUT2D eigenvalue weighted by atomic mass is 16.6. The van der Waals surface area contributed by atoms with E-state index in [1.807, 2.05) is 19.1 Å². The molecule has 0 fully saturated rings. The number of carbonyl (C=O) groups excluding carboxylic acids is 1. The van der Waals surface area contributed by atoms with Crippen molar-refractivity contribution in [1.82, 2.24) is 5.48 Å². The molecule has 1 amide bonds. The molecule has 0 aromatic carbocycles. The van der Waals surface area contributed by atoms with E-state index >= 15 is 0 Å². The van der Waals surface area contributed by atoms with Gasteiger partial charge in [0.2, 0.25) is 5.91 Å². The first kappa shape index (κ1) is 9.17. The lowest BCUT2D eigenvalue weighted by atomic mass is 10.3. The number of amides is 1. The van der Waals surface area contributed by atoms with Crippen molar-refractivity contribution in [3.8, 4) is 0 Å². The van der Waals surface area contributed by atoms with E-state index in [1.54, 1.807) is 0 Å². The van der Waals surface area contributed by atoms with Gasteiger partial charge in [0.1, 0.15) is 0 Å². The molecule has 0 aliphatic rings. The number of rotatable bonds is 4. The van der Waals surface area contributed by atoms with Gasteiger partial charge in [0.25, 0.3) is 0 Å². The minimum Gasteiger partial charge on any atom is -0.277 e. The summed E-state index contributed by atoms with van der Waals surface area (Å²) in [7, 11) is 1.42. The Hall–Kier alpha value is -0.830. The van der Waals surface area contributed by atoms with Crippen molar-refractivity contribution in [3.63, 3.8) is 0 Å². The molecule has 0 rings (SSSR count). The van der Waals surface area contributed by atoms with Gasteiger partial charge in [-0.05, 0) is 13.3 Å². The van der Waals surface area contributed by atoms with E-state index in [2.05, 4.69) is 10.3 Å². The summed E-state index contributed by atoms with van der Waals surface area (Å²) in [5.74, 6) is -0.0828. The van der Waals surface area contributed by atoms with E-state index in [1.165, 1.54) is 7.11 Å². The molecule has 1 N–H and O–H groups in total. The number of hydroxylamine groups is 1. The van der Waals surface area contributed by atoms with Gasteiger partial charge in [0.15, 0.2) is 0 Å². The van der Waals surface area contributed by atoms with Crippen molar-refractivity contribution in [1.29, 1.82) is 0 Å². The van der Waals surface area contributed by atoms with Crippen LogP contribution in [0.2, 0.25) is 0 Å². The second-order valence-corrected chi connectivity index (χ2v) is 1.84. The molecule has 0 aliphatic heterocycles. The first-order chi connectivity index (χ1) is 4.81. The topological polar surface area (TPSA) is 38.3 Å². The maximum Gasteiger partial charge on any atom is 0.243 e. The maximum absolute atomic E-state index is 10.6. The molecule has 0 saturated heterocycles. The third-order valence-corrected chi connectivity index (χ3v) is 0.990. The van der Waals surface area contributed by atoms with Gasteiger partial charge in [0, 0.05) is 6.42 Å². The largest absolute Gasteiger partial charge is 0.277 e. The Morgan fingerprint density at radius 3 is 2.90 bits per heavy atom. The summed E-state index contributed by atoms with van der Waals surface area (Å²) >= 11 is 0. The standard InChI is InChI=1S/C7H13NO2/c1-3-4-5-6-7(9)8-10-2/h3-4H,5-6H2,1-2H3,(H,8,9)/b4-3+. The third kappa shape index (κ3) is 5.31. The average molecular weight is 143 g/mol. The zero-order valence-electron chi connectivity index (χ0n) is 6.39. The Labute approximate surface area is 61.0 Å². The number of allylic oxidation sites excluding steroid dienone is 2. The second kappa shape index (κ2) is 6.29. The van der Waals surface area contributed by atoms with Crippen molar-refractivity contribution in [2.45, 2.75) is 19.8 Å². The molecule has 0 heterocycles. The van der Waals surface area contributed by atoms with Crippen LogP contribution in [0.3, 0.4) is 0 Å². The normalized spacial score (nSPS) is 10.2. The monoisotopic (exact) mass is 143 g/mol. The Balaban J connectivity index is 3.21. The van der Waals surface area contributed by atoms with Gasteiger partial charge >= 0.3 is 0 Å². The summed E-state index contributed by atoms with van der Waals surface area (Å²) in [6.45, 7) is 1.92. The maximum atomic E-state index is 10.6. The van der Waals surface area contributed by atoms with Gasteiger partial charge in [-0.25, -0.2) is 5.48 Å². The van der Waals surface area contributed by atoms with Gasteiger partial charge in [-0.15, -0.1) is 0 Å². The average Bonchev–Trinajstić information content (AvgIpc) is 1.89. The van der Waals surface area contributed by atoms with E-state index in [0.29, 0.717) is 6.42 Å². The fourth-order valence-corrected chi connectivity index (χ4v) is 0.546. The zero-order chi connectivity index (χ0) is 7.82. The van der Waals surface area contributed by atoms with Crippen LogP contribution < -0.4 is 5.48 Å². The second-order valence-electron chi connectivity index (χ2n) is 1.84. The molecule has 0 unspecified atom stereocenters. The lowest BCUT2D eigenvalue weighted by molar-refractivity contribution is -0.131. The Bertz CT molecular complexity index is 121. The van der Waals surface area contributed by atoms with Gasteiger partial charge in [-0.2, -0.15) is 0 Å². The van der Waals surface area contributed by atoms with Gasteiger partial charge in [0.05, 0.1) is 7.11 Å². The van der Waals surface area contributed by atoms with E-state index in [9.17, 15) is 4.79 Å². The highest BCUT2D eigenvalue weighted by Crippen LogP contribution is 1.89. The van der Waals surface area contributed by atoms with Crippen molar-refractivity contribution in [2.75, 3.05) is 7.11 Å². The molecule has 0 spiro atoms. The Morgan fingerprint density at radius 2 is 2.40 bits per heavy atom. The molecule has 0 atom stereocenters. The van der Waals surface area contributed by atoms with Crippen LogP contribution in [0.15, 0.2) is 12.2 Å². The van der Waals surface area contributed by atoms with E-state index < -0.39 is 0 Å². The number of hydrogen-bond acceptors (Lipinski definition) is 2. The van der Waals surface area contributed by atoms with Crippen LogP contribution in [-0.4, -0.2) is 13.0 Å². The van der Waals surface area contributed by atoms with Gasteiger partial charge in [-0.3, -0.25) is 9.63 Å². The number of hydrogen-bond donors (Lipinski definition) is 1. The van der Waals surface area contributed by atoms with Crippen LogP contribution in [0, 0.1) is 0 Å². The van der Waals surface area contributed by atoms with Crippen LogP contribution in [0.5, 0.6) is 0 Å². The minimum absolute atomic E-state index is 0.0828. The van der Waals surface area contributed by atoms with Crippen LogP contribution in [0.4, 0.5) is 0 Å². The summed E-state index contributed by atoms with van der Waals surface area (Å²) < 4.78 is 0. The molecule has 0 radical (unpaired) electrons. The molecule has 3 nitrogen and oxygen atoms in total. The lowest BCUT2D eigenvalue weighted by Crippen LogP contribution is -2.20. The molecule has 0 saturated carbocycles. The van der Waals surface area contributed by atoms with Crippen molar-refractivity contribution in [2.24, 2.45) is 0 Å². The Morgan fingerprint density at radius 1 is 1.70 bits per heavy atom. The highest BCUT2D eigenvalue weighted by molar-refractivity contribution is 5.74. The molecule has 0 aromatic rings. The first-order valence-corrected chi connectivity index (χ1v) is 3.24. The Kier molecular flexibility index (Phi) is 5.77. The summed E-state index contributed by atoms with van der Waals surface area (Å²) in [6, 6.07) is 0. The summed E-state index contributed by atoms with van der Waals surface area (Å²) in [5, 5.41) is 0. The van der Waals surface area contributed by atoms with Gasteiger partial charge in [-0.1, -0.05) is 12.2 Å². The van der Waals surface area contributed by atoms with Gasteiger partial charge < -0.3 is 0 Å². The predicted molar refractivity (Wildman–Crippen MR) is 39.2 cm³/mol. The quantitative estimate of drug-likeness (QED) is 0.471. The van der Waals surface area contributed by atoms with Crippen LogP contribution >= 0.6 is 0 Å². The van der Waals surface area contributed by atoms with E-state index in [-0.39, 0.29) is 5.91 Å². The molecular weight excluding hydrogens is 130 g/mol. The predicted octanol–water partition coefficient (Wildman–Crippen LogP) is 1.02. The molecule has 58 valence electrons. The zero-order valence-corrected chi connectivity index (χ0v) is 6.39. The highest BCUT2D eigenvalue weighted by Gasteiger charge is 1.95. The van der Waals surface area contributed by atoms with Crippen molar-refractivity contribution < 1.29 is 9.63 Å². The van der Waals surface area contributed by atoms with Crippen LogP contribution in [0.1, 0.15) is 19.8 Å². The molecule has 10 heavy (non-hydrogen) atoms.